The van der Waals surface area contributed by atoms with Crippen molar-refractivity contribution < 1.29 is 4.57 Å². The molecule has 0 N–H and O–H groups in total. The summed E-state index contributed by atoms with van der Waals surface area (Å²) in [5.41, 5.74) is 18.9. The average Bonchev–Trinajstić information content (AvgIpc) is 4.15. The molecule has 12 rings (SSSR count). The van der Waals surface area contributed by atoms with Gasteiger partial charge in [-0.2, -0.15) is 0 Å². The highest BCUT2D eigenvalue weighted by molar-refractivity contribution is 6.11. The highest BCUT2D eigenvalue weighted by Gasteiger charge is 2.37. The molecule has 3 heterocycles. The smallest absolute Gasteiger partial charge is 0.248 e. The number of nitrogens with zero attached hydrogens (tertiary/aromatic N) is 6. The Bertz CT molecular complexity index is 3500. The molecule has 0 atom stereocenters. The van der Waals surface area contributed by atoms with E-state index in [9.17, 15) is 0 Å². The molecule has 0 amide bonds. The first kappa shape index (κ1) is 37.5. The number of fused-ring (bicyclic) bond motifs is 6. The van der Waals surface area contributed by atoms with E-state index in [0.29, 0.717) is 0 Å². The van der Waals surface area contributed by atoms with Gasteiger partial charge < -0.3 is 14.0 Å². The molecule has 1 aliphatic carbocycles. The second-order valence-electron chi connectivity index (χ2n) is 17.4. The molecule has 8 aromatic carbocycles. The minimum atomic E-state index is -0.194. The van der Waals surface area contributed by atoms with Gasteiger partial charge in [0.2, 0.25) is 6.33 Å². The Balaban J connectivity index is 0.953. The predicted octanol–water partition coefficient (Wildman–Crippen LogP) is 13.7. The van der Waals surface area contributed by atoms with Crippen LogP contribution in [0.15, 0.2) is 219 Å². The summed E-state index contributed by atoms with van der Waals surface area (Å²) in [5.74, 6) is 0. The summed E-state index contributed by atoms with van der Waals surface area (Å²) in [6.07, 6.45) is 12.0. The Labute approximate surface area is 372 Å². The molecule has 6 nitrogen and oxygen atoms in total. The highest BCUT2D eigenvalue weighted by atomic mass is 15.1. The minimum absolute atomic E-state index is 0.194. The SMILES string of the molecule is C[n+]1ccn(-c2ccc3c(c2)C(C)(C)c2cc(N(c4ccc(-c5ccccc5)cc4)c4ccc(-c5ccc6c(c5)c5cc(-n7ccnc7)ccc5n6-c5ccccc5)cc4)ccc2-3)c1. The van der Waals surface area contributed by atoms with Crippen molar-refractivity contribution in [1.82, 2.24) is 18.7 Å². The molecule has 1 aliphatic rings. The Hall–Kier alpha value is -8.22. The molecule has 0 saturated carbocycles. The van der Waals surface area contributed by atoms with Crippen molar-refractivity contribution in [3.63, 3.8) is 0 Å². The molecule has 0 saturated heterocycles. The molecule has 0 unspecified atom stereocenters. The topological polar surface area (TPSA) is 34.8 Å². The maximum atomic E-state index is 4.32. The molecule has 0 radical (unpaired) electrons. The van der Waals surface area contributed by atoms with Gasteiger partial charge in [-0.1, -0.05) is 98.8 Å². The lowest BCUT2D eigenvalue weighted by Crippen LogP contribution is -2.23. The fourth-order valence-corrected chi connectivity index (χ4v) is 9.92. The molecular formula is C58H45N6+. The number of para-hydroxylation sites is 1. The third kappa shape index (κ3) is 6.17. The third-order valence-corrected chi connectivity index (χ3v) is 13.2. The van der Waals surface area contributed by atoms with Crippen molar-refractivity contribution in [3.05, 3.63) is 231 Å². The first-order chi connectivity index (χ1) is 31.4. The van der Waals surface area contributed by atoms with E-state index in [1.54, 1.807) is 0 Å². The fourth-order valence-electron chi connectivity index (χ4n) is 9.92. The quantitative estimate of drug-likeness (QED) is 0.143. The standard InChI is InChI=1S/C58H45N6/c1-58(2)54-36-48(62-33-32-60(3)39-62)23-26-50(54)51-27-24-49(37-55(51)58)63(45-19-14-41(15-20-45)40-10-6-4-7-11-40)46-21-16-42(17-22-46)43-18-28-56-52(34-43)53-35-47(61-31-30-59-38-61)25-29-57(53)64(56)44-12-8-5-9-13-44/h4-39H,1-3H3/q+1. The second kappa shape index (κ2) is 14.7. The third-order valence-electron chi connectivity index (χ3n) is 13.2. The van der Waals surface area contributed by atoms with Crippen LogP contribution in [0, 0.1) is 0 Å². The zero-order valence-corrected chi connectivity index (χ0v) is 36.0. The van der Waals surface area contributed by atoms with Crippen molar-refractivity contribution >= 4 is 38.9 Å². The first-order valence-electron chi connectivity index (χ1n) is 21.9. The number of benzene rings is 8. The maximum absolute atomic E-state index is 4.32. The van der Waals surface area contributed by atoms with Gasteiger partial charge in [0, 0.05) is 57.0 Å². The van der Waals surface area contributed by atoms with Crippen LogP contribution in [-0.2, 0) is 12.5 Å². The Morgan fingerprint density at radius 2 is 1.05 bits per heavy atom. The van der Waals surface area contributed by atoms with Crippen molar-refractivity contribution in [2.24, 2.45) is 7.05 Å². The van der Waals surface area contributed by atoms with Gasteiger partial charge in [-0.25, -0.2) is 14.1 Å². The molecule has 64 heavy (non-hydrogen) atoms. The van der Waals surface area contributed by atoms with Gasteiger partial charge in [0.05, 0.1) is 24.4 Å². The van der Waals surface area contributed by atoms with E-state index in [0.717, 1.165) is 34.0 Å². The molecule has 306 valence electrons. The summed E-state index contributed by atoms with van der Waals surface area (Å²) < 4.78 is 8.70. The summed E-state index contributed by atoms with van der Waals surface area (Å²) in [7, 11) is 2.06. The molecule has 11 aromatic rings. The van der Waals surface area contributed by atoms with Gasteiger partial charge in [-0.15, -0.1) is 0 Å². The van der Waals surface area contributed by atoms with Crippen LogP contribution in [0.1, 0.15) is 25.0 Å². The largest absolute Gasteiger partial charge is 0.310 e. The van der Waals surface area contributed by atoms with Crippen LogP contribution >= 0.6 is 0 Å². The predicted molar refractivity (Wildman–Crippen MR) is 262 cm³/mol. The maximum Gasteiger partial charge on any atom is 0.248 e. The molecule has 6 heteroatoms. The number of imidazole rings is 2. The molecular weight excluding hydrogens is 781 g/mol. The van der Waals surface area contributed by atoms with Crippen molar-refractivity contribution in [2.75, 3.05) is 4.90 Å². The fraction of sp³-hybridized carbons (Fsp3) is 0.0690. The summed E-state index contributed by atoms with van der Waals surface area (Å²) >= 11 is 0. The molecule has 3 aromatic heterocycles. The molecule has 0 fully saturated rings. The van der Waals surface area contributed by atoms with Gasteiger partial charge >= 0.3 is 0 Å². The van der Waals surface area contributed by atoms with Crippen LogP contribution in [0.4, 0.5) is 17.1 Å². The van der Waals surface area contributed by atoms with E-state index in [-0.39, 0.29) is 5.41 Å². The van der Waals surface area contributed by atoms with E-state index < -0.39 is 0 Å². The van der Waals surface area contributed by atoms with Gasteiger partial charge in [-0.3, -0.25) is 0 Å². The van der Waals surface area contributed by atoms with E-state index in [4.69, 9.17) is 0 Å². The molecule has 0 spiro atoms. The van der Waals surface area contributed by atoms with Crippen LogP contribution < -0.4 is 9.47 Å². The Morgan fingerprint density at radius 3 is 1.72 bits per heavy atom. The lowest BCUT2D eigenvalue weighted by molar-refractivity contribution is -0.670. The summed E-state index contributed by atoms with van der Waals surface area (Å²) in [6, 6.07) is 66.8. The Morgan fingerprint density at radius 1 is 0.484 bits per heavy atom. The summed E-state index contributed by atoms with van der Waals surface area (Å²) in [6.45, 7) is 4.72. The van der Waals surface area contributed by atoms with Crippen LogP contribution in [-0.4, -0.2) is 18.7 Å². The van der Waals surface area contributed by atoms with Crippen LogP contribution in [0.25, 0.3) is 72.2 Å². The van der Waals surface area contributed by atoms with Gasteiger partial charge in [0.1, 0.15) is 18.1 Å². The summed E-state index contributed by atoms with van der Waals surface area (Å²) in [4.78, 5) is 6.72. The number of aromatic nitrogens is 5. The van der Waals surface area contributed by atoms with Crippen molar-refractivity contribution in [1.29, 1.82) is 0 Å². The first-order valence-corrected chi connectivity index (χ1v) is 21.9. The zero-order valence-electron chi connectivity index (χ0n) is 36.0. The van der Waals surface area contributed by atoms with E-state index in [1.165, 1.54) is 66.4 Å². The van der Waals surface area contributed by atoms with Gasteiger partial charge in [-0.05, 0) is 142 Å². The van der Waals surface area contributed by atoms with E-state index in [1.807, 2.05) is 18.7 Å². The lowest BCUT2D eigenvalue weighted by Gasteiger charge is -2.28. The van der Waals surface area contributed by atoms with Crippen molar-refractivity contribution in [3.8, 4) is 50.4 Å². The number of rotatable bonds is 8. The number of aryl methyl sites for hydroxylation is 1. The molecule has 0 aliphatic heterocycles. The van der Waals surface area contributed by atoms with Gasteiger partial charge in [0.15, 0.2) is 0 Å². The monoisotopic (exact) mass is 825 g/mol. The minimum Gasteiger partial charge on any atom is -0.310 e. The lowest BCUT2D eigenvalue weighted by atomic mass is 9.82. The number of anilines is 3. The van der Waals surface area contributed by atoms with E-state index in [2.05, 4.69) is 250 Å². The normalized spacial score (nSPS) is 12.7. The summed E-state index contributed by atoms with van der Waals surface area (Å²) in [5, 5.41) is 2.41. The van der Waals surface area contributed by atoms with Crippen molar-refractivity contribution in [2.45, 2.75) is 19.3 Å². The van der Waals surface area contributed by atoms with Crippen LogP contribution in [0.3, 0.4) is 0 Å². The zero-order chi connectivity index (χ0) is 42.9. The average molecular weight is 826 g/mol. The van der Waals surface area contributed by atoms with Gasteiger partial charge in [0.25, 0.3) is 0 Å². The second-order valence-corrected chi connectivity index (χ2v) is 17.4. The van der Waals surface area contributed by atoms with E-state index >= 15 is 0 Å². The number of hydrogen-bond donors (Lipinski definition) is 0. The number of hydrogen-bond acceptors (Lipinski definition) is 2. The highest BCUT2D eigenvalue weighted by Crippen LogP contribution is 2.51. The van der Waals surface area contributed by atoms with Crippen LogP contribution in [0.2, 0.25) is 0 Å². The van der Waals surface area contributed by atoms with Crippen LogP contribution in [0.5, 0.6) is 0 Å². The molecule has 0 bridgehead atoms. The Kier molecular flexibility index (Phi) is 8.63.